The molecule has 8 aromatic carbocycles. The highest BCUT2D eigenvalue weighted by molar-refractivity contribution is 9.10. The summed E-state index contributed by atoms with van der Waals surface area (Å²) in [4.78, 5) is 131. The average Bonchev–Trinajstić information content (AvgIpc) is 1.63. The zero-order chi connectivity index (χ0) is 111. The van der Waals surface area contributed by atoms with Crippen LogP contribution >= 0.6 is 50.7 Å². The number of aliphatic hydroxyl groups is 1. The maximum absolute atomic E-state index is 13.6. The molecule has 11 aromatic rings. The van der Waals surface area contributed by atoms with E-state index in [2.05, 4.69) is 41.2 Å². The van der Waals surface area contributed by atoms with Gasteiger partial charge in [0, 0.05) is 143 Å². The minimum Gasteiger partial charge on any atom is -0.493 e. The molecule has 3 aromatic heterocycles. The number of aliphatic carboxylic acids is 1. The number of Topliss-reactive ketones (excluding diaryl/α,β-unsaturated/α-hetero) is 7. The first-order valence-electron chi connectivity index (χ1n) is 45.4. The Morgan fingerprint density at radius 1 is 0.409 bits per heavy atom. The lowest BCUT2D eigenvalue weighted by atomic mass is 9.80. The Morgan fingerprint density at radius 2 is 0.705 bits per heavy atom. The highest BCUT2D eigenvalue weighted by atomic mass is 79.9. The number of halogens is 12. The molecular formula is C103H117BBrCl3F8N8O25. The van der Waals surface area contributed by atoms with Gasteiger partial charge in [-0.25, -0.2) is 60.6 Å². The highest BCUT2D eigenvalue weighted by Gasteiger charge is 2.33. The van der Waals surface area contributed by atoms with Crippen molar-refractivity contribution in [1.82, 2.24) is 39.2 Å². The Hall–Kier alpha value is -13.4. The molecule has 46 heteroatoms. The number of rotatable bonds is 48. The molecule has 0 aliphatic rings. The Kier molecular flexibility index (Phi) is 54.3. The van der Waals surface area contributed by atoms with Gasteiger partial charge in [-0.2, -0.15) is 0 Å². The summed E-state index contributed by atoms with van der Waals surface area (Å²) in [6.07, 6.45) is -0.0113. The summed E-state index contributed by atoms with van der Waals surface area (Å²) in [7, 11) is 16.9. The molecule has 0 radical (unpaired) electrons. The molecule has 0 fully saturated rings. The number of hydrogen-bond donors (Lipinski definition) is 5. The van der Waals surface area contributed by atoms with Crippen LogP contribution in [-0.2, 0) is 46.0 Å². The fourth-order valence-corrected chi connectivity index (χ4v) is 14.3. The number of imidazole rings is 3. The number of methoxy groups -OCH3 is 5. The van der Waals surface area contributed by atoms with Crippen molar-refractivity contribution in [3.63, 3.8) is 0 Å². The SMILES string of the molecule is CNOC.COc1cc(C(=O)CCC(=O)N(C)OC)ccc1OCCF.COc1cc(C(=O)CCC(=O)O)ccc1OCCF.COc1cc(C(=O)CCC(=O)c2nc(-c3ccc(F)c(Cl)c3)c(C)n2C)ccc1OCCF.COc1cc(C(=O)CCC(=O)c2nc(Br)c(C)n2C)ccc1OCCF.COc1cc(C(=O)CCC(C)(O)c2nc(-c3ccc(F)c(Cl)c3)c(C)n2C)ccc1OCCF.OB(O)c1ccc(F)c(Cl)c1. The van der Waals surface area contributed by atoms with Gasteiger partial charge in [-0.1, -0.05) is 40.9 Å². The smallest absolute Gasteiger partial charge is 0.488 e. The van der Waals surface area contributed by atoms with E-state index in [-0.39, 0.29) is 170 Å². The lowest BCUT2D eigenvalue weighted by Crippen LogP contribution is -2.29. The number of nitrogens with one attached hydrogen (secondary N) is 1. The van der Waals surface area contributed by atoms with Gasteiger partial charge in [0.05, 0.1) is 82.6 Å². The molecule has 5 N–H and O–H groups in total. The summed E-state index contributed by atoms with van der Waals surface area (Å²) in [5.41, 5.74) is 7.69. The third-order valence-electron chi connectivity index (χ3n) is 21.8. The van der Waals surface area contributed by atoms with E-state index in [0.29, 0.717) is 130 Å². The molecule has 1 atom stereocenters. The van der Waals surface area contributed by atoms with E-state index in [0.717, 1.165) is 22.5 Å². The number of ketones is 7. The van der Waals surface area contributed by atoms with Gasteiger partial charge in [-0.3, -0.25) is 48.0 Å². The van der Waals surface area contributed by atoms with E-state index in [1.807, 2.05) is 13.8 Å². The van der Waals surface area contributed by atoms with Gasteiger partial charge < -0.3 is 86.2 Å². The molecule has 0 saturated heterocycles. The van der Waals surface area contributed by atoms with E-state index in [4.69, 9.17) is 102 Å². The largest absolute Gasteiger partial charge is 0.493 e. The Labute approximate surface area is 879 Å². The normalized spacial score (nSPS) is 10.9. The number of alkyl halides is 5. The first-order chi connectivity index (χ1) is 70.9. The molecule has 1 unspecified atom stereocenters. The van der Waals surface area contributed by atoms with Crippen molar-refractivity contribution in [3.05, 3.63) is 245 Å². The minimum atomic E-state index is -1.60. The number of ether oxygens (including phenoxy) is 10. The number of benzene rings is 8. The summed E-state index contributed by atoms with van der Waals surface area (Å²) in [5.74, 6) is -0.313. The quantitative estimate of drug-likeness (QED) is 0.0102. The number of carboxylic acid groups (broad SMARTS) is 1. The van der Waals surface area contributed by atoms with Gasteiger partial charge in [0.15, 0.2) is 110 Å². The number of carbonyl (C=O) groups is 9. The predicted molar refractivity (Wildman–Crippen MR) is 545 cm³/mol. The van der Waals surface area contributed by atoms with Crippen molar-refractivity contribution >= 4 is 116 Å². The van der Waals surface area contributed by atoms with Crippen LogP contribution in [0.4, 0.5) is 35.1 Å². The van der Waals surface area contributed by atoms with E-state index >= 15 is 0 Å². The van der Waals surface area contributed by atoms with Crippen LogP contribution in [0.3, 0.4) is 0 Å². The topological polar surface area (TPSA) is 414 Å². The molecule has 0 saturated carbocycles. The van der Waals surface area contributed by atoms with Crippen molar-refractivity contribution < 1.29 is 156 Å². The molecule has 0 aliphatic carbocycles. The number of carboxylic acids is 1. The van der Waals surface area contributed by atoms with Crippen molar-refractivity contribution in [1.29, 1.82) is 0 Å². The standard InChI is InChI=1S/C25H27ClF2N2O4.C24H23ClF2N2O4.C18H20BrFN2O4.C15H20FNO5.C13H15FO5.C6H5BClFO2.C2H7NO/c1-15-23(17-5-7-19(28)18(26)13-17)29-24(30(15)3)25(2,32)10-9-20(31)16-6-8-21(34-12-11-27)22(14-16)33-4;1-14-23(16-4-6-18(27)17(25)12-16)28-24(29(14)2)20(31)8-7-19(30)15-5-9-21(33-11-10-26)22(13-15)32-3;1-11-17(19)21-18(22(11)2)14(24)6-5-13(23)12-4-7-15(26-9-8-20)16(10-12)25-3;1-17(21-3)15(19)7-5-12(18)11-4-6-13(22-9-8-16)14(10-11)20-2;1-18-12-8-9(10(15)3-5-13(16)17)2-4-11(12)19-7-6-14;8-5-3-4(7(10)11)1-2-6(5)9;1-3-4-2/h5-8,13-14,32H,9-12H2,1-4H3;4-6,9,12-13H,7-8,10-11H2,1-3H3;4,7,10H,5-6,8-9H2,1-3H3;4,6,10H,5,7-9H2,1-3H3;2,4,8H,3,5-7H2,1H3,(H,16,17);1-3,10-11H;3H,1-2H3. The molecule has 11 rings (SSSR count). The number of aromatic nitrogens is 6. The van der Waals surface area contributed by atoms with E-state index in [1.165, 1.54) is 135 Å². The van der Waals surface area contributed by atoms with Crippen molar-refractivity contribution in [2.75, 3.05) is 130 Å². The number of hydroxylamine groups is 3. The fourth-order valence-electron chi connectivity index (χ4n) is 13.3. The van der Waals surface area contributed by atoms with Crippen LogP contribution in [0, 0.1) is 38.2 Å². The average molecular weight is 2220 g/mol. The van der Waals surface area contributed by atoms with Crippen LogP contribution in [0.25, 0.3) is 22.5 Å². The monoisotopic (exact) mass is 2210 g/mol. The summed E-state index contributed by atoms with van der Waals surface area (Å²) in [6.45, 7) is 3.45. The maximum atomic E-state index is 13.6. The first-order valence-corrected chi connectivity index (χ1v) is 47.3. The summed E-state index contributed by atoms with van der Waals surface area (Å²) < 4.78 is 158. The lowest BCUT2D eigenvalue weighted by Gasteiger charge is -2.22. The third-order valence-corrected chi connectivity index (χ3v) is 23.4. The number of hydrogen-bond acceptors (Lipinski definition) is 28. The molecule has 0 bridgehead atoms. The number of carbonyl (C=O) groups excluding carboxylic acids is 8. The summed E-state index contributed by atoms with van der Waals surface area (Å²) >= 11 is 20.5. The van der Waals surface area contributed by atoms with Gasteiger partial charge in [0.2, 0.25) is 5.91 Å². The maximum Gasteiger partial charge on any atom is 0.488 e. The Bertz CT molecular complexity index is 6340. The second-order valence-electron chi connectivity index (χ2n) is 31.7. The highest BCUT2D eigenvalue weighted by Crippen LogP contribution is 2.38. The molecule has 0 spiro atoms. The molecule has 149 heavy (non-hydrogen) atoms. The van der Waals surface area contributed by atoms with Crippen LogP contribution in [0.5, 0.6) is 57.5 Å². The number of nitrogens with zero attached hydrogens (tertiary/aromatic N) is 7. The predicted octanol–water partition coefficient (Wildman–Crippen LogP) is 18.5. The van der Waals surface area contributed by atoms with Crippen molar-refractivity contribution in [3.8, 4) is 80.0 Å². The fraction of sp³-hybridized carbons (Fsp3) is 0.359. The Balaban J connectivity index is 0.000000320. The second kappa shape index (κ2) is 64.1. The lowest BCUT2D eigenvalue weighted by molar-refractivity contribution is -0.168. The van der Waals surface area contributed by atoms with Gasteiger partial charge >= 0.3 is 13.1 Å². The zero-order valence-electron chi connectivity index (χ0n) is 84.6. The molecule has 3 heterocycles. The van der Waals surface area contributed by atoms with Gasteiger partial charge in [-0.05, 0) is 195 Å². The Morgan fingerprint density at radius 3 is 1.00 bits per heavy atom. The van der Waals surface area contributed by atoms with Crippen LogP contribution in [0.2, 0.25) is 15.1 Å². The van der Waals surface area contributed by atoms with Crippen molar-refractivity contribution in [2.45, 2.75) is 97.5 Å². The number of amides is 1. The molecule has 806 valence electrons. The van der Waals surface area contributed by atoms with E-state index in [9.17, 15) is 83.4 Å². The molecule has 1 amide bonds. The molecule has 33 nitrogen and oxygen atoms in total. The zero-order valence-corrected chi connectivity index (χ0v) is 88.5. The van der Waals surface area contributed by atoms with Crippen LogP contribution < -0.4 is 58.3 Å². The van der Waals surface area contributed by atoms with E-state index in [1.54, 1.807) is 117 Å². The first kappa shape index (κ1) is 126. The summed E-state index contributed by atoms with van der Waals surface area (Å²) in [5, 5.41) is 37.8. The van der Waals surface area contributed by atoms with Gasteiger partial charge in [-0.15, -0.1) is 0 Å². The van der Waals surface area contributed by atoms with Gasteiger partial charge in [0.1, 0.15) is 99.9 Å². The van der Waals surface area contributed by atoms with Crippen LogP contribution in [0.15, 0.2) is 150 Å². The van der Waals surface area contributed by atoms with Gasteiger partial charge in [0.25, 0.3) is 0 Å². The van der Waals surface area contributed by atoms with Crippen LogP contribution in [0.1, 0.15) is 167 Å². The molecule has 0 aliphatic heterocycles. The molecular weight excluding hydrogens is 2100 g/mol. The van der Waals surface area contributed by atoms with E-state index < -0.39 is 69.5 Å². The second-order valence-corrected chi connectivity index (χ2v) is 33.6. The summed E-state index contributed by atoms with van der Waals surface area (Å²) in [6, 6.07) is 35.1. The minimum absolute atomic E-state index is 0.0157. The van der Waals surface area contributed by atoms with Crippen molar-refractivity contribution in [2.24, 2.45) is 21.1 Å². The third kappa shape index (κ3) is 38.6. The van der Waals surface area contributed by atoms with Crippen LogP contribution in [-0.4, -0.2) is 244 Å².